The van der Waals surface area contributed by atoms with Crippen molar-refractivity contribution in [1.82, 2.24) is 9.78 Å². The first-order valence-electron chi connectivity index (χ1n) is 6.18. The second-order valence-corrected chi connectivity index (χ2v) is 4.09. The zero-order chi connectivity index (χ0) is 14.5. The van der Waals surface area contributed by atoms with Gasteiger partial charge in [0.15, 0.2) is 6.61 Å². The Balaban J connectivity index is 2.09. The maximum atomic E-state index is 12.9. The molecule has 0 spiro atoms. The minimum atomic E-state index is -0.443. The van der Waals surface area contributed by atoms with Gasteiger partial charge in [-0.3, -0.25) is 4.68 Å². The van der Waals surface area contributed by atoms with Crippen LogP contribution in [-0.2, 0) is 16.6 Å². The van der Waals surface area contributed by atoms with Crippen LogP contribution in [0.15, 0.2) is 30.3 Å². The summed E-state index contributed by atoms with van der Waals surface area (Å²) >= 11 is 0. The van der Waals surface area contributed by atoms with E-state index in [1.165, 1.54) is 12.1 Å². The third kappa shape index (κ3) is 3.34. The molecule has 0 saturated carbocycles. The summed E-state index contributed by atoms with van der Waals surface area (Å²) in [5, 5.41) is 4.13. The van der Waals surface area contributed by atoms with E-state index in [0.29, 0.717) is 12.5 Å². The van der Waals surface area contributed by atoms with Gasteiger partial charge in [-0.1, -0.05) is 0 Å². The number of carbonyl (C=O) groups excluding carboxylic acids is 1. The van der Waals surface area contributed by atoms with E-state index >= 15 is 0 Å². The van der Waals surface area contributed by atoms with Gasteiger partial charge in [0.05, 0.1) is 12.3 Å². The number of aryl methyl sites for hydroxylation is 1. The standard InChI is InChI=1S/C14H15FN2O3/c1-3-19-14(18)9-20-13-8-12(17(2)16-13)10-4-6-11(15)7-5-10/h4-8H,3,9H2,1-2H3. The van der Waals surface area contributed by atoms with E-state index in [1.54, 1.807) is 36.9 Å². The molecule has 0 amide bonds. The molecular formula is C14H15FN2O3. The van der Waals surface area contributed by atoms with E-state index < -0.39 is 5.97 Å². The van der Waals surface area contributed by atoms with Crippen molar-refractivity contribution in [1.29, 1.82) is 0 Å². The van der Waals surface area contributed by atoms with Crippen molar-refractivity contribution in [3.05, 3.63) is 36.1 Å². The molecule has 0 aliphatic carbocycles. The fourth-order valence-corrected chi connectivity index (χ4v) is 1.74. The zero-order valence-corrected chi connectivity index (χ0v) is 11.3. The van der Waals surface area contributed by atoms with Gasteiger partial charge in [-0.2, -0.15) is 0 Å². The summed E-state index contributed by atoms with van der Waals surface area (Å²) in [4.78, 5) is 11.2. The fraction of sp³-hybridized carbons (Fsp3) is 0.286. The molecule has 2 aromatic rings. The van der Waals surface area contributed by atoms with Crippen LogP contribution < -0.4 is 4.74 Å². The topological polar surface area (TPSA) is 53.4 Å². The summed E-state index contributed by atoms with van der Waals surface area (Å²) in [6.45, 7) is 1.85. The first kappa shape index (κ1) is 14.0. The number of hydrogen-bond acceptors (Lipinski definition) is 4. The molecule has 20 heavy (non-hydrogen) atoms. The van der Waals surface area contributed by atoms with Crippen LogP contribution >= 0.6 is 0 Å². The van der Waals surface area contributed by atoms with Gasteiger partial charge in [0.1, 0.15) is 5.82 Å². The lowest BCUT2D eigenvalue weighted by Gasteiger charge is -2.01. The van der Waals surface area contributed by atoms with Crippen LogP contribution in [0.5, 0.6) is 5.88 Å². The number of ether oxygens (including phenoxy) is 2. The fourth-order valence-electron chi connectivity index (χ4n) is 1.74. The predicted octanol–water partition coefficient (Wildman–Crippen LogP) is 2.17. The molecule has 106 valence electrons. The maximum absolute atomic E-state index is 12.9. The maximum Gasteiger partial charge on any atom is 0.344 e. The largest absolute Gasteiger partial charge is 0.465 e. The Bertz CT molecular complexity index is 593. The average Bonchev–Trinajstić information content (AvgIpc) is 2.79. The van der Waals surface area contributed by atoms with Gasteiger partial charge in [0.25, 0.3) is 0 Å². The first-order valence-corrected chi connectivity index (χ1v) is 6.18. The van der Waals surface area contributed by atoms with E-state index in [2.05, 4.69) is 5.10 Å². The highest BCUT2D eigenvalue weighted by molar-refractivity contribution is 5.71. The Labute approximate surface area is 115 Å². The summed E-state index contributed by atoms with van der Waals surface area (Å²) in [5.41, 5.74) is 1.58. The number of halogens is 1. The Morgan fingerprint density at radius 3 is 2.70 bits per heavy atom. The molecule has 6 heteroatoms. The molecule has 0 N–H and O–H groups in total. The molecule has 0 aliphatic heterocycles. The number of carbonyl (C=O) groups is 1. The Hall–Kier alpha value is -2.37. The summed E-state index contributed by atoms with van der Waals surface area (Å²) < 4.78 is 24.5. The molecule has 0 unspecified atom stereocenters. The third-order valence-corrected chi connectivity index (χ3v) is 2.64. The van der Waals surface area contributed by atoms with Crippen LogP contribution in [0, 0.1) is 5.82 Å². The van der Waals surface area contributed by atoms with Gasteiger partial charge >= 0.3 is 5.97 Å². The van der Waals surface area contributed by atoms with Crippen molar-refractivity contribution in [2.75, 3.05) is 13.2 Å². The highest BCUT2D eigenvalue weighted by Crippen LogP contribution is 2.23. The number of rotatable bonds is 5. The van der Waals surface area contributed by atoms with Gasteiger partial charge in [-0.05, 0) is 31.2 Å². The normalized spacial score (nSPS) is 10.3. The third-order valence-electron chi connectivity index (χ3n) is 2.64. The van der Waals surface area contributed by atoms with Gasteiger partial charge in [-0.15, -0.1) is 5.10 Å². The van der Waals surface area contributed by atoms with E-state index in [0.717, 1.165) is 11.3 Å². The molecule has 2 rings (SSSR count). The summed E-state index contributed by atoms with van der Waals surface area (Å²) in [6, 6.07) is 7.75. The molecule has 0 fully saturated rings. The number of aromatic nitrogens is 2. The summed E-state index contributed by atoms with van der Waals surface area (Å²) in [6.07, 6.45) is 0. The molecule has 1 aromatic heterocycles. The molecular weight excluding hydrogens is 263 g/mol. The van der Waals surface area contributed by atoms with Crippen LogP contribution in [0.4, 0.5) is 4.39 Å². The first-order chi connectivity index (χ1) is 9.60. The summed E-state index contributed by atoms with van der Waals surface area (Å²) in [5.74, 6) is -0.420. The molecule has 0 atom stereocenters. The Morgan fingerprint density at radius 1 is 1.35 bits per heavy atom. The monoisotopic (exact) mass is 278 g/mol. The minimum Gasteiger partial charge on any atom is -0.465 e. The Morgan fingerprint density at radius 2 is 2.05 bits per heavy atom. The molecule has 1 heterocycles. The zero-order valence-electron chi connectivity index (χ0n) is 11.3. The lowest BCUT2D eigenvalue weighted by molar-refractivity contribution is -0.145. The second kappa shape index (κ2) is 6.18. The minimum absolute atomic E-state index is 0.187. The van der Waals surface area contributed by atoms with E-state index in [4.69, 9.17) is 9.47 Å². The molecule has 0 aliphatic rings. The van der Waals surface area contributed by atoms with Gasteiger partial charge in [0.2, 0.25) is 5.88 Å². The van der Waals surface area contributed by atoms with Crippen LogP contribution in [0.25, 0.3) is 11.3 Å². The smallest absolute Gasteiger partial charge is 0.344 e. The van der Waals surface area contributed by atoms with Crippen LogP contribution in [0.2, 0.25) is 0 Å². The highest BCUT2D eigenvalue weighted by atomic mass is 19.1. The molecule has 5 nitrogen and oxygen atoms in total. The summed E-state index contributed by atoms with van der Waals surface area (Å²) in [7, 11) is 1.75. The molecule has 0 bridgehead atoms. The van der Waals surface area contributed by atoms with E-state index in [9.17, 15) is 9.18 Å². The van der Waals surface area contributed by atoms with Crippen molar-refractivity contribution < 1.29 is 18.7 Å². The number of benzene rings is 1. The molecule has 0 saturated heterocycles. The lowest BCUT2D eigenvalue weighted by atomic mass is 10.1. The van der Waals surface area contributed by atoms with Gasteiger partial charge in [0, 0.05) is 18.7 Å². The highest BCUT2D eigenvalue weighted by Gasteiger charge is 2.10. The SMILES string of the molecule is CCOC(=O)COc1cc(-c2ccc(F)cc2)n(C)n1. The van der Waals surface area contributed by atoms with Crippen LogP contribution in [-0.4, -0.2) is 29.0 Å². The lowest BCUT2D eigenvalue weighted by Crippen LogP contribution is -2.14. The number of hydrogen-bond donors (Lipinski definition) is 0. The molecule has 1 aromatic carbocycles. The van der Waals surface area contributed by atoms with Crippen molar-refractivity contribution in [2.45, 2.75) is 6.92 Å². The van der Waals surface area contributed by atoms with E-state index in [1.807, 2.05) is 0 Å². The Kier molecular flexibility index (Phi) is 4.34. The number of nitrogens with zero attached hydrogens (tertiary/aromatic N) is 2. The van der Waals surface area contributed by atoms with E-state index in [-0.39, 0.29) is 12.4 Å². The predicted molar refractivity (Wildman–Crippen MR) is 70.7 cm³/mol. The molecule has 0 radical (unpaired) electrons. The van der Waals surface area contributed by atoms with Crippen molar-refractivity contribution in [3.8, 4) is 17.1 Å². The van der Waals surface area contributed by atoms with Crippen molar-refractivity contribution >= 4 is 5.97 Å². The van der Waals surface area contributed by atoms with Crippen molar-refractivity contribution in [2.24, 2.45) is 7.05 Å². The average molecular weight is 278 g/mol. The van der Waals surface area contributed by atoms with Crippen LogP contribution in [0.3, 0.4) is 0 Å². The quantitative estimate of drug-likeness (QED) is 0.786. The van der Waals surface area contributed by atoms with Crippen LogP contribution in [0.1, 0.15) is 6.92 Å². The van der Waals surface area contributed by atoms with Gasteiger partial charge < -0.3 is 9.47 Å². The van der Waals surface area contributed by atoms with Gasteiger partial charge in [-0.25, -0.2) is 9.18 Å². The van der Waals surface area contributed by atoms with Crippen molar-refractivity contribution in [3.63, 3.8) is 0 Å². The second-order valence-electron chi connectivity index (χ2n) is 4.09. The number of esters is 1.